The Morgan fingerprint density at radius 1 is 1.00 bits per heavy atom. The smallest absolute Gasteiger partial charge is 0.291 e. The van der Waals surface area contributed by atoms with Gasteiger partial charge >= 0.3 is 0 Å². The van der Waals surface area contributed by atoms with Crippen LogP contribution in [-0.4, -0.2) is 15.9 Å². The van der Waals surface area contributed by atoms with Crippen LogP contribution in [0.25, 0.3) is 32.9 Å². The van der Waals surface area contributed by atoms with Crippen molar-refractivity contribution in [2.24, 2.45) is 0 Å². The van der Waals surface area contributed by atoms with Crippen molar-refractivity contribution in [3.63, 3.8) is 0 Å². The van der Waals surface area contributed by atoms with Crippen LogP contribution in [0.4, 0.5) is 5.69 Å². The molecule has 1 N–H and O–H groups in total. The van der Waals surface area contributed by atoms with Gasteiger partial charge in [-0.25, -0.2) is 4.98 Å². The van der Waals surface area contributed by atoms with Crippen molar-refractivity contribution < 1.29 is 9.21 Å². The van der Waals surface area contributed by atoms with E-state index in [1.165, 1.54) is 0 Å². The number of carbonyl (C=O) groups excluding carboxylic acids is 1. The number of fused-ring (bicyclic) bond motifs is 1. The lowest BCUT2D eigenvalue weighted by Crippen LogP contribution is -2.12. The molecule has 2 aromatic carbocycles. The molecular formula is C24H17N3O2S. The molecule has 5 rings (SSSR count). The van der Waals surface area contributed by atoms with Gasteiger partial charge in [-0.15, -0.1) is 11.3 Å². The lowest BCUT2D eigenvalue weighted by molar-refractivity contribution is 0.0998. The van der Waals surface area contributed by atoms with Gasteiger partial charge in [0.05, 0.1) is 11.4 Å². The van der Waals surface area contributed by atoms with Crippen molar-refractivity contribution in [3.8, 4) is 22.0 Å². The molecule has 30 heavy (non-hydrogen) atoms. The second-order valence-corrected chi connectivity index (χ2v) is 7.70. The summed E-state index contributed by atoms with van der Waals surface area (Å²) >= 11 is 1.54. The average Bonchev–Trinajstić information content (AvgIpc) is 3.40. The maximum Gasteiger partial charge on any atom is 0.291 e. The Labute approximate surface area is 177 Å². The first-order valence-corrected chi connectivity index (χ1v) is 10.3. The molecule has 0 atom stereocenters. The number of aryl methyl sites for hydroxylation is 1. The van der Waals surface area contributed by atoms with Gasteiger partial charge < -0.3 is 9.73 Å². The fourth-order valence-electron chi connectivity index (χ4n) is 3.35. The molecule has 0 fully saturated rings. The molecule has 6 heteroatoms. The summed E-state index contributed by atoms with van der Waals surface area (Å²) in [6, 6.07) is 21.0. The Bertz CT molecular complexity index is 1360. The van der Waals surface area contributed by atoms with Crippen molar-refractivity contribution in [1.82, 2.24) is 9.97 Å². The van der Waals surface area contributed by atoms with Crippen molar-refractivity contribution in [2.75, 3.05) is 5.32 Å². The molecule has 0 saturated heterocycles. The number of carbonyl (C=O) groups is 1. The van der Waals surface area contributed by atoms with E-state index >= 15 is 0 Å². The van der Waals surface area contributed by atoms with E-state index < -0.39 is 0 Å². The van der Waals surface area contributed by atoms with Crippen LogP contribution in [0.15, 0.2) is 82.7 Å². The highest BCUT2D eigenvalue weighted by Crippen LogP contribution is 2.30. The van der Waals surface area contributed by atoms with Gasteiger partial charge in [0.2, 0.25) is 0 Å². The molecule has 0 aliphatic carbocycles. The number of benzene rings is 2. The third kappa shape index (κ3) is 3.38. The van der Waals surface area contributed by atoms with Crippen LogP contribution in [-0.2, 0) is 0 Å². The maximum atomic E-state index is 12.8. The Morgan fingerprint density at radius 2 is 1.87 bits per heavy atom. The van der Waals surface area contributed by atoms with E-state index in [2.05, 4.69) is 10.3 Å². The first-order valence-electron chi connectivity index (χ1n) is 9.46. The molecule has 5 aromatic rings. The second kappa shape index (κ2) is 7.57. The second-order valence-electron chi connectivity index (χ2n) is 6.84. The molecule has 0 unspecified atom stereocenters. The lowest BCUT2D eigenvalue weighted by atomic mass is 10.1. The Kier molecular flexibility index (Phi) is 4.61. The number of para-hydroxylation sites is 1. The molecule has 0 saturated carbocycles. The number of thiazole rings is 1. The number of hydrogen-bond acceptors (Lipinski definition) is 5. The average molecular weight is 411 g/mol. The molecule has 0 spiro atoms. The highest BCUT2D eigenvalue weighted by Gasteiger charge is 2.18. The summed E-state index contributed by atoms with van der Waals surface area (Å²) in [5, 5.41) is 6.74. The van der Waals surface area contributed by atoms with Gasteiger partial charge in [-0.1, -0.05) is 36.4 Å². The zero-order valence-corrected chi connectivity index (χ0v) is 16.9. The highest BCUT2D eigenvalue weighted by atomic mass is 32.1. The largest absolute Gasteiger partial charge is 0.451 e. The van der Waals surface area contributed by atoms with Crippen molar-refractivity contribution in [2.45, 2.75) is 6.92 Å². The third-order valence-electron chi connectivity index (χ3n) is 4.85. The van der Waals surface area contributed by atoms with Gasteiger partial charge in [-0.3, -0.25) is 9.78 Å². The summed E-state index contributed by atoms with van der Waals surface area (Å²) in [5.41, 5.74) is 4.84. The predicted molar refractivity (Wildman–Crippen MR) is 120 cm³/mol. The Morgan fingerprint density at radius 3 is 2.70 bits per heavy atom. The summed E-state index contributed by atoms with van der Waals surface area (Å²) in [6.07, 6.45) is 1.76. The normalized spacial score (nSPS) is 11.0. The number of pyridine rings is 1. The van der Waals surface area contributed by atoms with E-state index in [-0.39, 0.29) is 5.91 Å². The zero-order valence-electron chi connectivity index (χ0n) is 16.1. The summed E-state index contributed by atoms with van der Waals surface area (Å²) in [7, 11) is 0. The van der Waals surface area contributed by atoms with Gasteiger partial charge in [0, 0.05) is 33.8 Å². The van der Waals surface area contributed by atoms with Crippen LogP contribution in [0.1, 0.15) is 16.1 Å². The molecule has 5 nitrogen and oxygen atoms in total. The summed E-state index contributed by atoms with van der Waals surface area (Å²) in [6.45, 7) is 1.89. The summed E-state index contributed by atoms with van der Waals surface area (Å²) in [4.78, 5) is 21.9. The zero-order chi connectivity index (χ0) is 20.5. The van der Waals surface area contributed by atoms with Crippen LogP contribution < -0.4 is 5.32 Å². The van der Waals surface area contributed by atoms with E-state index in [1.807, 2.05) is 79.0 Å². The molecule has 0 aliphatic rings. The summed E-state index contributed by atoms with van der Waals surface area (Å²) in [5.74, 6) is 0.0565. The van der Waals surface area contributed by atoms with Gasteiger partial charge in [0.25, 0.3) is 5.91 Å². The monoisotopic (exact) mass is 411 g/mol. The number of rotatable bonds is 4. The Hall–Kier alpha value is -3.77. The summed E-state index contributed by atoms with van der Waals surface area (Å²) < 4.78 is 5.77. The third-order valence-corrected chi connectivity index (χ3v) is 5.72. The van der Waals surface area contributed by atoms with E-state index in [9.17, 15) is 4.79 Å². The molecular weight excluding hydrogens is 394 g/mol. The van der Waals surface area contributed by atoms with Crippen LogP contribution in [0.2, 0.25) is 0 Å². The topological polar surface area (TPSA) is 68.0 Å². The van der Waals surface area contributed by atoms with E-state index in [0.29, 0.717) is 17.0 Å². The van der Waals surface area contributed by atoms with Crippen molar-refractivity contribution >= 4 is 33.9 Å². The molecule has 146 valence electrons. The molecule has 0 aliphatic heterocycles. The minimum Gasteiger partial charge on any atom is -0.451 e. The van der Waals surface area contributed by atoms with Crippen LogP contribution in [0.5, 0.6) is 0 Å². The fourth-order valence-corrected chi connectivity index (χ4v) is 4.15. The maximum absolute atomic E-state index is 12.8. The van der Waals surface area contributed by atoms with Crippen LogP contribution in [0, 0.1) is 6.92 Å². The molecule has 3 heterocycles. The lowest BCUT2D eigenvalue weighted by Gasteiger charge is -2.06. The number of nitrogens with zero attached hydrogens (tertiary/aromatic N) is 2. The number of hydrogen-bond donors (Lipinski definition) is 1. The highest BCUT2D eigenvalue weighted by molar-refractivity contribution is 7.13. The van der Waals surface area contributed by atoms with Gasteiger partial charge in [0.15, 0.2) is 5.76 Å². The number of anilines is 1. The number of nitrogens with one attached hydrogen (secondary N) is 1. The molecule has 0 bridgehead atoms. The van der Waals surface area contributed by atoms with Crippen LogP contribution >= 0.6 is 11.3 Å². The number of furan rings is 1. The van der Waals surface area contributed by atoms with Crippen molar-refractivity contribution in [1.29, 1.82) is 0 Å². The fraction of sp³-hybridized carbons (Fsp3) is 0.0417. The SMILES string of the molecule is Cc1c(C(=O)Nc2cccc(-c3csc(-c4ccccn4)n3)c2)oc2ccccc12. The van der Waals surface area contributed by atoms with Crippen LogP contribution in [0.3, 0.4) is 0 Å². The minimum absolute atomic E-state index is 0.270. The first kappa shape index (κ1) is 18.3. The standard InChI is InChI=1S/C24H17N3O2S/c1-15-18-9-2-3-11-21(18)29-22(15)23(28)26-17-8-6-7-16(13-17)20-14-30-24(27-20)19-10-4-5-12-25-19/h2-14H,1H3,(H,26,28). The van der Waals surface area contributed by atoms with Gasteiger partial charge in [0.1, 0.15) is 10.6 Å². The minimum atomic E-state index is -0.270. The quantitative estimate of drug-likeness (QED) is 0.383. The van der Waals surface area contributed by atoms with E-state index in [1.54, 1.807) is 17.5 Å². The molecule has 0 radical (unpaired) electrons. The molecule has 3 aromatic heterocycles. The van der Waals surface area contributed by atoms with E-state index in [4.69, 9.17) is 9.40 Å². The first-order chi connectivity index (χ1) is 14.7. The predicted octanol–water partition coefficient (Wildman–Crippen LogP) is 6.18. The van der Waals surface area contributed by atoms with Gasteiger partial charge in [-0.2, -0.15) is 0 Å². The molecule has 1 amide bonds. The van der Waals surface area contributed by atoms with Gasteiger partial charge in [-0.05, 0) is 37.3 Å². The number of aromatic nitrogens is 2. The van der Waals surface area contributed by atoms with Crippen molar-refractivity contribution in [3.05, 3.63) is 89.6 Å². The number of amides is 1. The van der Waals surface area contributed by atoms with E-state index in [0.717, 1.165) is 32.9 Å². The Balaban J connectivity index is 1.41.